The van der Waals surface area contributed by atoms with Crippen LogP contribution in [-0.4, -0.2) is 6.71 Å². The van der Waals surface area contributed by atoms with E-state index in [2.05, 4.69) is 185 Å². The second kappa shape index (κ2) is 11.1. The van der Waals surface area contributed by atoms with Gasteiger partial charge in [0, 0.05) is 16.9 Å². The molecule has 0 fully saturated rings. The molecule has 2 heterocycles. The second-order valence-electron chi connectivity index (χ2n) is 18.4. The molecule has 250 valence electrons. The number of hydrogen-bond donors (Lipinski definition) is 0. The summed E-state index contributed by atoms with van der Waals surface area (Å²) in [5.41, 5.74) is 15.1. The van der Waals surface area contributed by atoms with Crippen molar-refractivity contribution in [2.45, 2.75) is 105 Å². The molecule has 0 bridgehead atoms. The lowest BCUT2D eigenvalue weighted by atomic mass is 9.33. The Kier molecular flexibility index (Phi) is 7.56. The number of ether oxygens (including phenoxy) is 1. The predicted molar refractivity (Wildman–Crippen MR) is 213 cm³/mol. The van der Waals surface area contributed by atoms with Gasteiger partial charge in [0.05, 0.1) is 5.69 Å². The fourth-order valence-electron chi connectivity index (χ4n) is 7.43. The van der Waals surface area contributed by atoms with Crippen molar-refractivity contribution in [1.29, 1.82) is 0 Å². The largest absolute Gasteiger partial charge is 0.458 e. The molecule has 5 aromatic carbocycles. The second-order valence-corrected chi connectivity index (χ2v) is 18.4. The molecule has 0 aliphatic carbocycles. The van der Waals surface area contributed by atoms with E-state index in [-0.39, 0.29) is 28.4 Å². The van der Waals surface area contributed by atoms with Crippen molar-refractivity contribution in [3.05, 3.63) is 119 Å². The standard InChI is InChI=1S/C46H52BNO/c1-43(2,3)30-18-21-37(34(24-30)29-16-14-13-15-17-29)48-38-22-19-31(44(4,5)6)25-35(38)47-36-26-32(45(7,8)9)20-23-40(36)49-41-28-33(46(10,11)12)27-39(48)42(41)47/h13-28H,1-12H3. The number of hydrogen-bond acceptors (Lipinski definition) is 2. The van der Waals surface area contributed by atoms with Gasteiger partial charge < -0.3 is 9.64 Å². The minimum absolute atomic E-state index is 0.00384. The molecule has 0 spiro atoms. The van der Waals surface area contributed by atoms with E-state index in [0.717, 1.165) is 11.5 Å². The summed E-state index contributed by atoms with van der Waals surface area (Å²) in [6.07, 6.45) is 0. The Morgan fingerprint density at radius 2 is 0.980 bits per heavy atom. The van der Waals surface area contributed by atoms with Crippen LogP contribution < -0.4 is 26.0 Å². The van der Waals surface area contributed by atoms with Crippen LogP contribution in [0.25, 0.3) is 11.1 Å². The third kappa shape index (κ3) is 5.80. The van der Waals surface area contributed by atoms with Crippen molar-refractivity contribution < 1.29 is 4.74 Å². The van der Waals surface area contributed by atoms with E-state index in [0.29, 0.717) is 0 Å². The van der Waals surface area contributed by atoms with Crippen molar-refractivity contribution in [3.8, 4) is 22.6 Å². The first-order chi connectivity index (χ1) is 22.8. The minimum Gasteiger partial charge on any atom is -0.458 e. The van der Waals surface area contributed by atoms with Crippen LogP contribution in [0.4, 0.5) is 17.1 Å². The Morgan fingerprint density at radius 3 is 1.57 bits per heavy atom. The third-order valence-corrected chi connectivity index (χ3v) is 10.6. The molecule has 0 saturated carbocycles. The molecule has 0 aromatic heterocycles. The smallest absolute Gasteiger partial charge is 0.256 e. The minimum atomic E-state index is -0.0683. The first-order valence-corrected chi connectivity index (χ1v) is 18.0. The maximum atomic E-state index is 6.98. The van der Waals surface area contributed by atoms with E-state index < -0.39 is 0 Å². The van der Waals surface area contributed by atoms with Gasteiger partial charge in [-0.25, -0.2) is 0 Å². The van der Waals surface area contributed by atoms with Crippen LogP contribution in [0, 0.1) is 0 Å². The lowest BCUT2D eigenvalue weighted by Crippen LogP contribution is -2.60. The summed E-state index contributed by atoms with van der Waals surface area (Å²) in [4.78, 5) is 2.54. The maximum Gasteiger partial charge on any atom is 0.256 e. The van der Waals surface area contributed by atoms with E-state index in [1.165, 1.54) is 66.8 Å². The molecular weight excluding hydrogens is 593 g/mol. The van der Waals surface area contributed by atoms with Gasteiger partial charge in [0.25, 0.3) is 6.71 Å². The molecule has 7 rings (SSSR count). The molecule has 5 aromatic rings. The van der Waals surface area contributed by atoms with Crippen LogP contribution in [-0.2, 0) is 21.7 Å². The number of anilines is 3. The average Bonchev–Trinajstić information content (AvgIpc) is 3.02. The molecule has 0 atom stereocenters. The molecular formula is C46H52BNO. The maximum absolute atomic E-state index is 6.98. The topological polar surface area (TPSA) is 12.5 Å². The SMILES string of the molecule is CC(C)(C)c1ccc2c(c1)B1c3cc(C(C)(C)C)ccc3N(c3ccc(C(C)(C)C)cc3-c3ccccc3)c3cc(C(C)(C)C)cc(c31)O2. The van der Waals surface area contributed by atoms with Gasteiger partial charge in [-0.05, 0) is 102 Å². The molecule has 0 saturated heterocycles. The fourth-order valence-corrected chi connectivity index (χ4v) is 7.43. The first kappa shape index (κ1) is 33.3. The molecule has 0 unspecified atom stereocenters. The molecule has 0 amide bonds. The van der Waals surface area contributed by atoms with Crippen molar-refractivity contribution in [3.63, 3.8) is 0 Å². The Hall–Kier alpha value is -4.24. The number of benzene rings is 5. The van der Waals surface area contributed by atoms with Crippen LogP contribution in [0.5, 0.6) is 11.5 Å². The molecule has 0 N–H and O–H groups in total. The normalized spacial score (nSPS) is 14.2. The highest BCUT2D eigenvalue weighted by molar-refractivity contribution is 6.99. The van der Waals surface area contributed by atoms with Crippen LogP contribution in [0.3, 0.4) is 0 Å². The Morgan fingerprint density at radius 1 is 0.449 bits per heavy atom. The lowest BCUT2D eigenvalue weighted by molar-refractivity contribution is 0.482. The molecule has 2 aliphatic heterocycles. The highest BCUT2D eigenvalue weighted by Gasteiger charge is 2.44. The number of nitrogens with zero attached hydrogens (tertiary/aromatic N) is 1. The van der Waals surface area contributed by atoms with Crippen LogP contribution in [0.1, 0.15) is 105 Å². The zero-order valence-electron chi connectivity index (χ0n) is 31.7. The summed E-state index contributed by atoms with van der Waals surface area (Å²) in [6, 6.07) is 36.9. The summed E-state index contributed by atoms with van der Waals surface area (Å²) >= 11 is 0. The zero-order valence-corrected chi connectivity index (χ0v) is 31.7. The van der Waals surface area contributed by atoms with Crippen molar-refractivity contribution in [2.75, 3.05) is 4.90 Å². The quantitative estimate of drug-likeness (QED) is 0.174. The Bertz CT molecular complexity index is 2080. The van der Waals surface area contributed by atoms with Gasteiger partial charge in [-0.15, -0.1) is 0 Å². The predicted octanol–water partition coefficient (Wildman–Crippen LogP) is 10.9. The summed E-state index contributed by atoms with van der Waals surface area (Å²) in [5.74, 6) is 1.93. The number of fused-ring (bicyclic) bond motifs is 4. The van der Waals surface area contributed by atoms with Crippen molar-refractivity contribution >= 4 is 40.2 Å². The third-order valence-electron chi connectivity index (χ3n) is 10.6. The van der Waals surface area contributed by atoms with Crippen molar-refractivity contribution in [1.82, 2.24) is 0 Å². The molecule has 2 aliphatic rings. The van der Waals surface area contributed by atoms with Gasteiger partial charge in [0.15, 0.2) is 0 Å². The zero-order chi connectivity index (χ0) is 35.3. The molecule has 3 heteroatoms. The summed E-state index contributed by atoms with van der Waals surface area (Å²) in [7, 11) is 0. The highest BCUT2D eigenvalue weighted by Crippen LogP contribution is 2.47. The van der Waals surface area contributed by atoms with Gasteiger partial charge in [0.2, 0.25) is 0 Å². The van der Waals surface area contributed by atoms with E-state index in [1.807, 2.05) is 0 Å². The molecule has 0 radical (unpaired) electrons. The summed E-state index contributed by atoms with van der Waals surface area (Å²) in [5, 5.41) is 0. The van der Waals surface area contributed by atoms with E-state index in [9.17, 15) is 0 Å². The Labute approximate surface area is 295 Å². The van der Waals surface area contributed by atoms with Gasteiger partial charge in [-0.1, -0.05) is 144 Å². The van der Waals surface area contributed by atoms with Gasteiger partial charge in [-0.2, -0.15) is 0 Å². The fraction of sp³-hybridized carbons (Fsp3) is 0.348. The highest BCUT2D eigenvalue weighted by atomic mass is 16.5. The average molecular weight is 646 g/mol. The monoisotopic (exact) mass is 645 g/mol. The van der Waals surface area contributed by atoms with E-state index in [1.54, 1.807) is 0 Å². The lowest BCUT2D eigenvalue weighted by Gasteiger charge is -2.42. The van der Waals surface area contributed by atoms with Crippen LogP contribution >= 0.6 is 0 Å². The van der Waals surface area contributed by atoms with E-state index in [4.69, 9.17) is 4.74 Å². The van der Waals surface area contributed by atoms with Crippen LogP contribution in [0.2, 0.25) is 0 Å². The van der Waals surface area contributed by atoms with Gasteiger partial charge in [0.1, 0.15) is 11.5 Å². The van der Waals surface area contributed by atoms with Crippen LogP contribution in [0.15, 0.2) is 97.1 Å². The number of rotatable bonds is 2. The summed E-state index contributed by atoms with van der Waals surface area (Å²) in [6.45, 7) is 27.7. The van der Waals surface area contributed by atoms with E-state index >= 15 is 0 Å². The van der Waals surface area contributed by atoms with Crippen molar-refractivity contribution in [2.24, 2.45) is 0 Å². The summed E-state index contributed by atoms with van der Waals surface area (Å²) < 4.78 is 6.98. The first-order valence-electron chi connectivity index (χ1n) is 18.0. The Balaban J connectivity index is 1.60. The molecule has 49 heavy (non-hydrogen) atoms. The van der Waals surface area contributed by atoms with Gasteiger partial charge in [-0.3, -0.25) is 0 Å². The van der Waals surface area contributed by atoms with Gasteiger partial charge >= 0.3 is 0 Å². The molecule has 2 nitrogen and oxygen atoms in total.